The third-order valence-corrected chi connectivity index (χ3v) is 4.95. The fraction of sp³-hybridized carbons (Fsp3) is 0.333. The Kier molecular flexibility index (Phi) is 2.38. The summed E-state index contributed by atoms with van der Waals surface area (Å²) in [7, 11) is 0. The van der Waals surface area contributed by atoms with Crippen LogP contribution in [0.15, 0.2) is 18.5 Å². The monoisotopic (exact) mass is 366 g/mol. The van der Waals surface area contributed by atoms with Crippen molar-refractivity contribution < 1.29 is 0 Å². The SMILES string of the molecule is N=C1C[C@@H](I)[C@@H](c2nnc3cnc4[nH]ccc4n23)C1. The number of aromatic nitrogens is 5. The average Bonchev–Trinajstić information content (AvgIpc) is 3.05. The summed E-state index contributed by atoms with van der Waals surface area (Å²) >= 11 is 2.42. The number of hydrogen-bond acceptors (Lipinski definition) is 4. The number of nitrogens with one attached hydrogen (secondary N) is 2. The van der Waals surface area contributed by atoms with Crippen molar-refractivity contribution >= 4 is 45.1 Å². The molecule has 0 radical (unpaired) electrons. The van der Waals surface area contributed by atoms with Crippen LogP contribution in [0.25, 0.3) is 16.8 Å². The summed E-state index contributed by atoms with van der Waals surface area (Å²) in [5.41, 5.74) is 3.41. The smallest absolute Gasteiger partial charge is 0.179 e. The van der Waals surface area contributed by atoms with E-state index in [0.29, 0.717) is 3.92 Å². The highest BCUT2D eigenvalue weighted by molar-refractivity contribution is 14.1. The molecule has 1 aliphatic rings. The molecule has 0 amide bonds. The molecule has 0 bridgehead atoms. The molecule has 7 heteroatoms. The molecule has 6 nitrogen and oxygen atoms in total. The summed E-state index contributed by atoms with van der Waals surface area (Å²) < 4.78 is 2.48. The van der Waals surface area contributed by atoms with Gasteiger partial charge in [0.2, 0.25) is 0 Å². The largest absolute Gasteiger partial charge is 0.345 e. The van der Waals surface area contributed by atoms with Gasteiger partial charge < -0.3 is 10.4 Å². The maximum absolute atomic E-state index is 7.87. The van der Waals surface area contributed by atoms with Crippen LogP contribution in [-0.2, 0) is 0 Å². The zero-order valence-electron chi connectivity index (χ0n) is 9.97. The molecule has 0 aliphatic heterocycles. The highest BCUT2D eigenvalue weighted by Crippen LogP contribution is 2.37. The van der Waals surface area contributed by atoms with Crippen molar-refractivity contribution in [2.24, 2.45) is 0 Å². The second-order valence-corrected chi connectivity index (χ2v) is 6.46. The molecule has 0 unspecified atom stereocenters. The molecule has 1 fully saturated rings. The quantitative estimate of drug-likeness (QED) is 0.512. The summed E-state index contributed by atoms with van der Waals surface area (Å²) in [4.78, 5) is 7.43. The van der Waals surface area contributed by atoms with E-state index < -0.39 is 0 Å². The van der Waals surface area contributed by atoms with E-state index in [1.165, 1.54) is 0 Å². The van der Waals surface area contributed by atoms with Crippen molar-refractivity contribution in [3.05, 3.63) is 24.3 Å². The predicted octanol–water partition coefficient (Wildman–Crippen LogP) is 2.31. The Morgan fingerprint density at radius 2 is 2.26 bits per heavy atom. The Labute approximate surface area is 122 Å². The first-order valence-corrected chi connectivity index (χ1v) is 7.36. The molecular weight excluding hydrogens is 355 g/mol. The van der Waals surface area contributed by atoms with E-state index in [0.717, 1.165) is 41.2 Å². The number of H-pyrrole nitrogens is 1. The Bertz CT molecular complexity index is 788. The summed E-state index contributed by atoms with van der Waals surface area (Å²) in [5, 5.41) is 16.4. The van der Waals surface area contributed by atoms with E-state index in [2.05, 4.69) is 47.2 Å². The molecule has 1 saturated carbocycles. The summed E-state index contributed by atoms with van der Waals surface area (Å²) in [5.74, 6) is 1.22. The number of alkyl halides is 1. The lowest BCUT2D eigenvalue weighted by atomic mass is 10.1. The Morgan fingerprint density at radius 3 is 3.05 bits per heavy atom. The lowest BCUT2D eigenvalue weighted by molar-refractivity contribution is 0.700. The van der Waals surface area contributed by atoms with Crippen molar-refractivity contribution in [1.29, 1.82) is 5.41 Å². The average molecular weight is 366 g/mol. The van der Waals surface area contributed by atoms with Crippen LogP contribution in [0.4, 0.5) is 0 Å². The van der Waals surface area contributed by atoms with Crippen LogP contribution in [0.5, 0.6) is 0 Å². The predicted molar refractivity (Wildman–Crippen MR) is 80.1 cm³/mol. The first-order chi connectivity index (χ1) is 9.24. The maximum atomic E-state index is 7.87. The Hall–Kier alpha value is -1.51. The third kappa shape index (κ3) is 1.60. The van der Waals surface area contributed by atoms with Crippen LogP contribution < -0.4 is 0 Å². The van der Waals surface area contributed by atoms with Gasteiger partial charge in [0.1, 0.15) is 5.82 Å². The van der Waals surface area contributed by atoms with Crippen LogP contribution in [0.1, 0.15) is 24.6 Å². The third-order valence-electron chi connectivity index (χ3n) is 3.64. The minimum Gasteiger partial charge on any atom is -0.345 e. The van der Waals surface area contributed by atoms with Gasteiger partial charge in [-0.2, -0.15) is 0 Å². The topological polar surface area (TPSA) is 82.7 Å². The minimum absolute atomic E-state index is 0.267. The van der Waals surface area contributed by atoms with E-state index in [1.54, 1.807) is 6.20 Å². The second kappa shape index (κ2) is 3.99. The number of halogens is 1. The zero-order valence-corrected chi connectivity index (χ0v) is 12.1. The summed E-state index contributed by atoms with van der Waals surface area (Å²) in [6.45, 7) is 0. The lowest BCUT2D eigenvalue weighted by Crippen LogP contribution is -2.09. The molecule has 3 aromatic heterocycles. The van der Waals surface area contributed by atoms with Crippen molar-refractivity contribution in [3.63, 3.8) is 0 Å². The molecule has 4 rings (SSSR count). The van der Waals surface area contributed by atoms with Gasteiger partial charge in [-0.15, -0.1) is 10.2 Å². The fourth-order valence-electron chi connectivity index (χ4n) is 2.75. The molecule has 0 spiro atoms. The Balaban J connectivity index is 1.99. The summed E-state index contributed by atoms with van der Waals surface area (Å²) in [6, 6.07) is 1.99. The second-order valence-electron chi connectivity index (χ2n) is 4.86. The van der Waals surface area contributed by atoms with Crippen LogP contribution in [0.3, 0.4) is 0 Å². The van der Waals surface area contributed by atoms with Gasteiger partial charge in [0.25, 0.3) is 0 Å². The number of rotatable bonds is 1. The van der Waals surface area contributed by atoms with Crippen molar-refractivity contribution in [2.45, 2.75) is 22.7 Å². The van der Waals surface area contributed by atoms with E-state index in [9.17, 15) is 0 Å². The molecule has 19 heavy (non-hydrogen) atoms. The van der Waals surface area contributed by atoms with E-state index in [1.807, 2.05) is 12.3 Å². The van der Waals surface area contributed by atoms with Gasteiger partial charge in [-0.25, -0.2) is 4.98 Å². The maximum Gasteiger partial charge on any atom is 0.179 e. The fourth-order valence-corrected chi connectivity index (χ4v) is 3.85. The first kappa shape index (κ1) is 11.3. The molecule has 2 atom stereocenters. The number of nitrogens with zero attached hydrogens (tertiary/aromatic N) is 4. The van der Waals surface area contributed by atoms with Crippen LogP contribution in [-0.4, -0.2) is 34.2 Å². The molecular formula is C12H11IN6. The summed E-state index contributed by atoms with van der Waals surface area (Å²) in [6.07, 6.45) is 5.24. The lowest BCUT2D eigenvalue weighted by Gasteiger charge is -2.11. The van der Waals surface area contributed by atoms with E-state index in [-0.39, 0.29) is 5.92 Å². The van der Waals surface area contributed by atoms with Crippen molar-refractivity contribution in [3.8, 4) is 0 Å². The number of aromatic amines is 1. The molecule has 0 saturated heterocycles. The van der Waals surface area contributed by atoms with Gasteiger partial charge in [0.05, 0.1) is 11.7 Å². The molecule has 2 N–H and O–H groups in total. The number of hydrogen-bond donors (Lipinski definition) is 2. The zero-order chi connectivity index (χ0) is 13.0. The number of fused-ring (bicyclic) bond motifs is 3. The van der Waals surface area contributed by atoms with Gasteiger partial charge in [-0.1, -0.05) is 22.6 Å². The van der Waals surface area contributed by atoms with Gasteiger partial charge in [0.15, 0.2) is 11.3 Å². The van der Waals surface area contributed by atoms with Gasteiger partial charge in [0, 0.05) is 21.8 Å². The first-order valence-electron chi connectivity index (χ1n) is 6.11. The highest BCUT2D eigenvalue weighted by Gasteiger charge is 2.33. The van der Waals surface area contributed by atoms with Gasteiger partial charge in [-0.3, -0.25) is 4.40 Å². The van der Waals surface area contributed by atoms with Crippen LogP contribution in [0.2, 0.25) is 0 Å². The van der Waals surface area contributed by atoms with E-state index in [4.69, 9.17) is 5.41 Å². The highest BCUT2D eigenvalue weighted by atomic mass is 127. The van der Waals surface area contributed by atoms with Crippen molar-refractivity contribution in [1.82, 2.24) is 24.6 Å². The van der Waals surface area contributed by atoms with E-state index >= 15 is 0 Å². The standard InChI is InChI=1S/C12H11IN6/c13-8-4-6(14)3-7(8)12-18-17-10-5-16-11-9(19(10)12)1-2-15-11/h1-2,5,7-8,14-15H,3-4H2/t7-,8+/m0/s1. The van der Waals surface area contributed by atoms with Gasteiger partial charge in [-0.05, 0) is 18.9 Å². The molecule has 0 aromatic carbocycles. The minimum atomic E-state index is 0.267. The molecule has 1 aliphatic carbocycles. The van der Waals surface area contributed by atoms with Crippen LogP contribution in [0, 0.1) is 5.41 Å². The normalized spacial score (nSPS) is 23.7. The molecule has 96 valence electrons. The Morgan fingerprint density at radius 1 is 1.37 bits per heavy atom. The van der Waals surface area contributed by atoms with Gasteiger partial charge >= 0.3 is 0 Å². The van der Waals surface area contributed by atoms with Crippen molar-refractivity contribution in [2.75, 3.05) is 0 Å². The van der Waals surface area contributed by atoms with Crippen LogP contribution >= 0.6 is 22.6 Å². The molecule has 3 heterocycles. The molecule has 3 aromatic rings.